The molecule has 2 aromatic carbocycles. The molecule has 0 spiro atoms. The molecule has 3 N–H and O–H groups in total. The quantitative estimate of drug-likeness (QED) is 0.0502. The highest BCUT2D eigenvalue weighted by molar-refractivity contribution is 14.1. The van der Waals surface area contributed by atoms with Crippen molar-refractivity contribution in [2.24, 2.45) is 5.73 Å². The van der Waals surface area contributed by atoms with Crippen LogP contribution in [0.3, 0.4) is 0 Å². The Bertz CT molecular complexity index is 1340. The zero-order chi connectivity index (χ0) is 32.7. The van der Waals surface area contributed by atoms with Gasteiger partial charge in [0.25, 0.3) is 0 Å². The van der Waals surface area contributed by atoms with Crippen molar-refractivity contribution < 1.29 is 37.6 Å². The SMILES string of the molecule is NCCOP(=O)(O)OC[C@@H](COC(=O)C=CCCc1c(I)cc(I)cc1I)OC(=O)CC=CCCc1c(I)cc(I)cc1I. The van der Waals surface area contributed by atoms with E-state index in [-0.39, 0.29) is 26.2 Å². The predicted octanol–water partition coefficient (Wildman–Crippen LogP) is 7.93. The Kier molecular flexibility index (Phi) is 20.8. The topological polar surface area (TPSA) is 134 Å². The predicted molar refractivity (Wildman–Crippen MR) is 220 cm³/mol. The van der Waals surface area contributed by atoms with Crippen molar-refractivity contribution in [3.8, 4) is 0 Å². The molecule has 0 aliphatic heterocycles. The second kappa shape index (κ2) is 22.1. The van der Waals surface area contributed by atoms with Gasteiger partial charge in [-0.15, -0.1) is 0 Å². The van der Waals surface area contributed by atoms with Crippen LogP contribution in [-0.2, 0) is 45.5 Å². The number of allylic oxidation sites excluding steroid dienone is 2. The van der Waals surface area contributed by atoms with Crippen LogP contribution in [0.2, 0.25) is 0 Å². The van der Waals surface area contributed by atoms with Crippen molar-refractivity contribution in [2.45, 2.75) is 38.2 Å². The molecule has 16 heteroatoms. The number of carbonyl (C=O) groups is 2. The number of hydrogen-bond acceptors (Lipinski definition) is 8. The van der Waals surface area contributed by atoms with Crippen molar-refractivity contribution in [2.75, 3.05) is 26.4 Å². The van der Waals surface area contributed by atoms with Crippen LogP contribution in [0.25, 0.3) is 0 Å². The molecule has 2 rings (SSSR count). The first-order valence-corrected chi connectivity index (χ1v) is 21.0. The number of nitrogens with two attached hydrogens (primary N) is 1. The third-order valence-corrected chi connectivity index (χ3v) is 11.6. The van der Waals surface area contributed by atoms with Gasteiger partial charge in [0.15, 0.2) is 6.10 Å². The third kappa shape index (κ3) is 16.6. The molecule has 1 unspecified atom stereocenters. The smallest absolute Gasteiger partial charge is 0.458 e. The van der Waals surface area contributed by atoms with Crippen LogP contribution >= 0.6 is 143 Å². The largest absolute Gasteiger partial charge is 0.472 e. The van der Waals surface area contributed by atoms with E-state index in [1.807, 2.05) is 6.08 Å². The van der Waals surface area contributed by atoms with Crippen LogP contribution in [-0.4, -0.2) is 49.3 Å². The van der Waals surface area contributed by atoms with E-state index >= 15 is 0 Å². The molecule has 0 aromatic heterocycles. The first kappa shape index (κ1) is 41.5. The average Bonchev–Trinajstić information content (AvgIpc) is 2.93. The Morgan fingerprint density at radius 1 is 0.818 bits per heavy atom. The summed E-state index contributed by atoms with van der Waals surface area (Å²) in [7, 11) is -4.43. The highest BCUT2D eigenvalue weighted by atomic mass is 127. The van der Waals surface area contributed by atoms with Crippen LogP contribution in [0, 0.1) is 21.4 Å². The minimum atomic E-state index is -4.43. The molecule has 0 bridgehead atoms. The number of carbonyl (C=O) groups excluding carboxylic acids is 2. The van der Waals surface area contributed by atoms with Crippen LogP contribution < -0.4 is 5.73 Å². The van der Waals surface area contributed by atoms with Crippen LogP contribution in [0.1, 0.15) is 30.4 Å². The highest BCUT2D eigenvalue weighted by Gasteiger charge is 2.25. The second-order valence-electron chi connectivity index (χ2n) is 8.98. The Labute approximate surface area is 339 Å². The van der Waals surface area contributed by atoms with Gasteiger partial charge in [0, 0.05) is 34.0 Å². The lowest BCUT2D eigenvalue weighted by Gasteiger charge is -2.19. The molecule has 242 valence electrons. The number of esters is 2. The lowest BCUT2D eigenvalue weighted by atomic mass is 10.1. The maximum atomic E-state index is 12.5. The number of hydrogen-bond donors (Lipinski definition) is 2. The summed E-state index contributed by atoms with van der Waals surface area (Å²) < 4.78 is 39.5. The number of rotatable bonds is 18. The van der Waals surface area contributed by atoms with E-state index in [1.165, 1.54) is 38.6 Å². The van der Waals surface area contributed by atoms with Crippen molar-refractivity contribution in [1.29, 1.82) is 0 Å². The van der Waals surface area contributed by atoms with Gasteiger partial charge in [0.2, 0.25) is 0 Å². The number of phosphoric acid groups is 1. The molecule has 2 atom stereocenters. The monoisotopic (exact) mass is 1300 g/mol. The minimum absolute atomic E-state index is 0.0202. The Balaban J connectivity index is 1.90. The summed E-state index contributed by atoms with van der Waals surface area (Å²) in [5.41, 5.74) is 7.79. The summed E-state index contributed by atoms with van der Waals surface area (Å²) >= 11 is 13.9. The van der Waals surface area contributed by atoms with E-state index in [1.54, 1.807) is 12.2 Å². The summed E-state index contributed by atoms with van der Waals surface area (Å²) in [5.74, 6) is -1.23. The van der Waals surface area contributed by atoms with E-state index in [0.717, 1.165) is 19.3 Å². The lowest BCUT2D eigenvalue weighted by molar-refractivity contribution is -0.158. The van der Waals surface area contributed by atoms with Gasteiger partial charge in [-0.1, -0.05) is 18.2 Å². The van der Waals surface area contributed by atoms with Crippen LogP contribution in [0.4, 0.5) is 0 Å². The maximum Gasteiger partial charge on any atom is 0.472 e. The second-order valence-corrected chi connectivity index (χ2v) is 17.6. The Morgan fingerprint density at radius 2 is 1.34 bits per heavy atom. The molecule has 0 saturated carbocycles. The number of benzene rings is 2. The fourth-order valence-corrected chi connectivity index (χ4v) is 12.5. The van der Waals surface area contributed by atoms with Gasteiger partial charge in [0.05, 0.1) is 19.6 Å². The molecule has 44 heavy (non-hydrogen) atoms. The lowest BCUT2D eigenvalue weighted by Crippen LogP contribution is -2.29. The molecule has 0 aliphatic carbocycles. The normalized spacial score (nSPS) is 13.7. The molecule has 0 amide bonds. The summed E-state index contributed by atoms with van der Waals surface area (Å²) in [4.78, 5) is 34.7. The molecule has 0 aliphatic rings. The molecular weight excluding hydrogens is 1270 g/mol. The molecule has 9 nitrogen and oxygen atoms in total. The summed E-state index contributed by atoms with van der Waals surface area (Å²) in [6.45, 7) is -1.06. The fourth-order valence-electron chi connectivity index (χ4n) is 3.51. The van der Waals surface area contributed by atoms with Gasteiger partial charge in [-0.2, -0.15) is 0 Å². The number of halogens is 6. The van der Waals surface area contributed by atoms with Crippen molar-refractivity contribution in [1.82, 2.24) is 0 Å². The molecule has 0 saturated heterocycles. The number of phosphoric ester groups is 1. The highest BCUT2D eigenvalue weighted by Crippen LogP contribution is 2.43. The Hall–Kier alpha value is 1.31. The van der Waals surface area contributed by atoms with Gasteiger partial charge < -0.3 is 20.1 Å². The zero-order valence-corrected chi connectivity index (χ0v) is 37.0. The van der Waals surface area contributed by atoms with Crippen molar-refractivity contribution in [3.05, 3.63) is 81.1 Å². The van der Waals surface area contributed by atoms with Gasteiger partial charge in [-0.05, 0) is 197 Å². The average molecular weight is 1300 g/mol. The van der Waals surface area contributed by atoms with Gasteiger partial charge in [0.1, 0.15) is 6.61 Å². The van der Waals surface area contributed by atoms with Crippen LogP contribution in [0.15, 0.2) is 48.6 Å². The van der Waals surface area contributed by atoms with Crippen molar-refractivity contribution in [3.63, 3.8) is 0 Å². The zero-order valence-electron chi connectivity index (χ0n) is 23.2. The summed E-state index contributed by atoms with van der Waals surface area (Å²) in [6.07, 6.45) is 8.45. The number of ether oxygens (including phenoxy) is 2. The third-order valence-electron chi connectivity index (χ3n) is 5.54. The van der Waals surface area contributed by atoms with E-state index in [2.05, 4.69) is 160 Å². The van der Waals surface area contributed by atoms with Crippen LogP contribution in [0.5, 0.6) is 0 Å². The first-order valence-electron chi connectivity index (χ1n) is 13.1. The van der Waals surface area contributed by atoms with E-state index in [9.17, 15) is 19.0 Å². The van der Waals surface area contributed by atoms with E-state index in [0.29, 0.717) is 6.42 Å². The summed E-state index contributed by atoms with van der Waals surface area (Å²) in [5, 5.41) is 0. The first-order chi connectivity index (χ1) is 20.8. The maximum absolute atomic E-state index is 12.5. The van der Waals surface area contributed by atoms with Crippen molar-refractivity contribution >= 4 is 155 Å². The van der Waals surface area contributed by atoms with Gasteiger partial charge in [-0.3, -0.25) is 13.8 Å². The molecule has 0 fully saturated rings. The van der Waals surface area contributed by atoms with E-state index in [4.69, 9.17) is 24.3 Å². The summed E-state index contributed by atoms with van der Waals surface area (Å²) in [6, 6.07) is 8.47. The Morgan fingerprint density at radius 3 is 1.86 bits per heavy atom. The molecular formula is C28H30I6NO8P. The minimum Gasteiger partial charge on any atom is -0.458 e. The van der Waals surface area contributed by atoms with Gasteiger partial charge >= 0.3 is 19.8 Å². The standard InChI is InChI=1S/C28H30I6NO8P/c29-18-12-23(31)21(24(32)13-18)6-2-1-3-9-28(37)43-20(17-42-44(38,39)41-11-10-35)16-40-27(36)8-5-4-7-22-25(33)14-19(30)15-26(22)34/h1,3,5,8,12-15,20H,2,4,6-7,9-11,16-17,35H2,(H,38,39)/t20-/m1/s1. The fraction of sp³-hybridized carbons (Fsp3) is 0.357. The molecule has 2 aromatic rings. The molecule has 0 radical (unpaired) electrons. The van der Waals surface area contributed by atoms with Gasteiger partial charge in [-0.25, -0.2) is 9.36 Å². The molecule has 0 heterocycles. The van der Waals surface area contributed by atoms with E-state index < -0.39 is 32.5 Å².